The Bertz CT molecular complexity index is 1140. The third-order valence-corrected chi connectivity index (χ3v) is 4.48. The average Bonchev–Trinajstić information content (AvgIpc) is 2.81. The van der Waals surface area contributed by atoms with Gasteiger partial charge in [-0.25, -0.2) is 14.4 Å². The van der Waals surface area contributed by atoms with Gasteiger partial charge in [-0.05, 0) is 55.3 Å². The van der Waals surface area contributed by atoms with Crippen molar-refractivity contribution in [2.75, 3.05) is 13.2 Å². The second-order valence-corrected chi connectivity index (χ2v) is 8.07. The standard InChI is InChI=1S/C27H28O8/c1-16(2)24(28)32-11-12-33-27(31)21-13-20(14-23(15-21)35-26(30)18(5)6)19-7-9-22(10-8-19)34-25(29)17(3)4/h7-10,13-16H,3,5,11-12H2,1-2,4,6H3. The predicted molar refractivity (Wildman–Crippen MR) is 129 cm³/mol. The largest absolute Gasteiger partial charge is 0.462 e. The lowest BCUT2D eigenvalue weighted by Gasteiger charge is -2.12. The third kappa shape index (κ3) is 8.26. The summed E-state index contributed by atoms with van der Waals surface area (Å²) in [5.41, 5.74) is 1.79. The zero-order valence-electron chi connectivity index (χ0n) is 20.2. The summed E-state index contributed by atoms with van der Waals surface area (Å²) in [6.07, 6.45) is 0. The van der Waals surface area contributed by atoms with Gasteiger partial charge in [-0.1, -0.05) is 39.1 Å². The molecule has 35 heavy (non-hydrogen) atoms. The second-order valence-electron chi connectivity index (χ2n) is 8.07. The van der Waals surface area contributed by atoms with Crippen molar-refractivity contribution in [2.45, 2.75) is 27.7 Å². The van der Waals surface area contributed by atoms with Gasteiger partial charge >= 0.3 is 23.9 Å². The molecule has 2 aromatic carbocycles. The molecule has 0 bridgehead atoms. The maximum Gasteiger partial charge on any atom is 0.338 e. The summed E-state index contributed by atoms with van der Waals surface area (Å²) in [6.45, 7) is 13.3. The van der Waals surface area contributed by atoms with Crippen molar-refractivity contribution in [2.24, 2.45) is 5.92 Å². The predicted octanol–water partition coefficient (Wildman–Crippen LogP) is 4.67. The molecule has 8 nitrogen and oxygen atoms in total. The van der Waals surface area contributed by atoms with Crippen LogP contribution in [0.5, 0.6) is 11.5 Å². The summed E-state index contributed by atoms with van der Waals surface area (Å²) in [4.78, 5) is 47.9. The summed E-state index contributed by atoms with van der Waals surface area (Å²) < 4.78 is 20.7. The van der Waals surface area contributed by atoms with E-state index in [0.29, 0.717) is 16.9 Å². The number of ether oxygens (including phenoxy) is 4. The maximum atomic E-state index is 12.6. The van der Waals surface area contributed by atoms with Crippen molar-refractivity contribution < 1.29 is 38.1 Å². The zero-order chi connectivity index (χ0) is 26.1. The lowest BCUT2D eigenvalue weighted by molar-refractivity contribution is -0.148. The SMILES string of the molecule is C=C(C)C(=O)Oc1ccc(-c2cc(OC(=O)C(=C)C)cc(C(=O)OCCOC(=O)C(C)C)c2)cc1. The summed E-state index contributed by atoms with van der Waals surface area (Å²) in [5.74, 6) is -2.13. The fourth-order valence-corrected chi connectivity index (χ4v) is 2.57. The number of carbonyl (C=O) groups is 4. The van der Waals surface area contributed by atoms with Gasteiger partial charge in [-0.2, -0.15) is 0 Å². The van der Waals surface area contributed by atoms with E-state index < -0.39 is 23.9 Å². The lowest BCUT2D eigenvalue weighted by Crippen LogP contribution is -2.17. The Labute approximate surface area is 204 Å². The Hall–Kier alpha value is -4.20. The molecule has 0 aromatic heterocycles. The number of hydrogen-bond donors (Lipinski definition) is 0. The number of benzene rings is 2. The monoisotopic (exact) mass is 480 g/mol. The van der Waals surface area contributed by atoms with E-state index in [0.717, 1.165) is 0 Å². The van der Waals surface area contributed by atoms with E-state index in [9.17, 15) is 19.2 Å². The van der Waals surface area contributed by atoms with Gasteiger partial charge in [-0.15, -0.1) is 0 Å². The molecular weight excluding hydrogens is 452 g/mol. The first-order valence-corrected chi connectivity index (χ1v) is 10.8. The molecule has 0 fully saturated rings. The molecule has 0 aliphatic rings. The van der Waals surface area contributed by atoms with Crippen LogP contribution >= 0.6 is 0 Å². The van der Waals surface area contributed by atoms with Gasteiger partial charge in [0.05, 0.1) is 11.5 Å². The van der Waals surface area contributed by atoms with Crippen LogP contribution in [0.3, 0.4) is 0 Å². The molecule has 0 radical (unpaired) electrons. The van der Waals surface area contributed by atoms with Crippen LogP contribution in [0.25, 0.3) is 11.1 Å². The molecule has 0 aliphatic carbocycles. The highest BCUT2D eigenvalue weighted by Gasteiger charge is 2.16. The van der Waals surface area contributed by atoms with E-state index in [1.54, 1.807) is 57.2 Å². The second kappa shape index (κ2) is 12.3. The quantitative estimate of drug-likeness (QED) is 0.209. The number of esters is 4. The summed E-state index contributed by atoms with van der Waals surface area (Å²) in [5, 5.41) is 0. The molecule has 0 amide bonds. The molecule has 2 rings (SSSR count). The van der Waals surface area contributed by atoms with Crippen LogP contribution in [0.15, 0.2) is 66.8 Å². The van der Waals surface area contributed by atoms with Crippen molar-refractivity contribution in [1.82, 2.24) is 0 Å². The summed E-state index contributed by atoms with van der Waals surface area (Å²) in [6, 6.07) is 11.1. The van der Waals surface area contributed by atoms with Crippen LogP contribution in [-0.2, 0) is 23.9 Å². The molecule has 0 N–H and O–H groups in total. The molecular formula is C27H28O8. The van der Waals surface area contributed by atoms with E-state index in [1.807, 2.05) is 0 Å². The van der Waals surface area contributed by atoms with Gasteiger partial charge in [-0.3, -0.25) is 4.79 Å². The minimum atomic E-state index is -0.688. The molecule has 184 valence electrons. The minimum absolute atomic E-state index is 0.0791. The van der Waals surface area contributed by atoms with E-state index in [-0.39, 0.29) is 41.6 Å². The first-order valence-electron chi connectivity index (χ1n) is 10.8. The third-order valence-electron chi connectivity index (χ3n) is 4.48. The van der Waals surface area contributed by atoms with Crippen LogP contribution in [0, 0.1) is 5.92 Å². The molecule has 0 aliphatic heterocycles. The highest BCUT2D eigenvalue weighted by molar-refractivity contribution is 5.93. The van der Waals surface area contributed by atoms with Gasteiger partial charge in [0.2, 0.25) is 0 Å². The molecule has 2 aromatic rings. The Morgan fingerprint density at radius 3 is 1.83 bits per heavy atom. The maximum absolute atomic E-state index is 12.6. The fraction of sp³-hybridized carbons (Fsp3) is 0.259. The summed E-state index contributed by atoms with van der Waals surface area (Å²) >= 11 is 0. The molecule has 0 unspecified atom stereocenters. The van der Waals surface area contributed by atoms with E-state index >= 15 is 0 Å². The first kappa shape index (κ1) is 27.0. The first-order chi connectivity index (χ1) is 16.5. The van der Waals surface area contributed by atoms with Gasteiger partial charge in [0.25, 0.3) is 0 Å². The van der Waals surface area contributed by atoms with Crippen LogP contribution < -0.4 is 9.47 Å². The van der Waals surface area contributed by atoms with Gasteiger partial charge in [0.15, 0.2) is 0 Å². The van der Waals surface area contributed by atoms with E-state index in [4.69, 9.17) is 18.9 Å². The Morgan fingerprint density at radius 1 is 0.743 bits per heavy atom. The van der Waals surface area contributed by atoms with E-state index in [1.165, 1.54) is 13.0 Å². The molecule has 0 saturated heterocycles. The highest BCUT2D eigenvalue weighted by atomic mass is 16.6. The molecule has 0 saturated carbocycles. The normalized spacial score (nSPS) is 10.3. The van der Waals surface area contributed by atoms with Gasteiger partial charge in [0, 0.05) is 11.1 Å². The molecule has 0 spiro atoms. The smallest absolute Gasteiger partial charge is 0.338 e. The van der Waals surface area contributed by atoms with Gasteiger partial charge in [0.1, 0.15) is 24.7 Å². The Balaban J connectivity index is 2.26. The number of hydrogen-bond acceptors (Lipinski definition) is 8. The van der Waals surface area contributed by atoms with Gasteiger partial charge < -0.3 is 18.9 Å². The lowest BCUT2D eigenvalue weighted by atomic mass is 10.0. The van der Waals surface area contributed by atoms with Crippen molar-refractivity contribution in [3.63, 3.8) is 0 Å². The number of carbonyl (C=O) groups excluding carboxylic acids is 4. The zero-order valence-corrected chi connectivity index (χ0v) is 20.2. The molecule has 0 heterocycles. The number of rotatable bonds is 10. The Morgan fingerprint density at radius 2 is 1.29 bits per heavy atom. The molecule has 8 heteroatoms. The van der Waals surface area contributed by atoms with Crippen LogP contribution in [0.2, 0.25) is 0 Å². The van der Waals surface area contributed by atoms with E-state index in [2.05, 4.69) is 13.2 Å². The topological polar surface area (TPSA) is 105 Å². The highest BCUT2D eigenvalue weighted by Crippen LogP contribution is 2.29. The summed E-state index contributed by atoms with van der Waals surface area (Å²) in [7, 11) is 0. The fourth-order valence-electron chi connectivity index (χ4n) is 2.57. The minimum Gasteiger partial charge on any atom is -0.462 e. The van der Waals surface area contributed by atoms with Crippen molar-refractivity contribution >= 4 is 23.9 Å². The van der Waals surface area contributed by atoms with Crippen molar-refractivity contribution in [3.05, 3.63) is 72.3 Å². The van der Waals surface area contributed by atoms with Crippen LogP contribution in [0.1, 0.15) is 38.1 Å². The Kier molecular flexibility index (Phi) is 9.52. The van der Waals surface area contributed by atoms with Crippen LogP contribution in [-0.4, -0.2) is 37.1 Å². The van der Waals surface area contributed by atoms with Crippen molar-refractivity contribution in [3.8, 4) is 22.6 Å². The molecule has 0 atom stereocenters. The average molecular weight is 481 g/mol. The van der Waals surface area contributed by atoms with Crippen molar-refractivity contribution in [1.29, 1.82) is 0 Å². The van der Waals surface area contributed by atoms with Crippen LogP contribution in [0.4, 0.5) is 0 Å².